The standard InChI is InChI=1S/C14H16BrN5/c15-11-3-4-12-13(9-11)20(14(16)18-12)7-2-1-6-19-8-5-17-10-19/h3-5,8-10H,1-2,6-7H2,(H2,16,18). The first-order valence-corrected chi connectivity index (χ1v) is 7.40. The Labute approximate surface area is 125 Å². The van der Waals surface area contributed by atoms with Crippen molar-refractivity contribution in [2.45, 2.75) is 25.9 Å². The van der Waals surface area contributed by atoms with Crippen LogP contribution in [-0.4, -0.2) is 19.1 Å². The molecule has 0 saturated heterocycles. The molecule has 0 spiro atoms. The zero-order valence-corrected chi connectivity index (χ0v) is 12.6. The summed E-state index contributed by atoms with van der Waals surface area (Å²) >= 11 is 3.49. The lowest BCUT2D eigenvalue weighted by atomic mass is 10.3. The van der Waals surface area contributed by atoms with E-state index in [0.29, 0.717) is 5.95 Å². The average Bonchev–Trinajstić information content (AvgIpc) is 3.03. The molecule has 0 bridgehead atoms. The molecule has 2 aromatic heterocycles. The van der Waals surface area contributed by atoms with E-state index >= 15 is 0 Å². The van der Waals surface area contributed by atoms with Gasteiger partial charge in [-0.1, -0.05) is 15.9 Å². The molecule has 0 aliphatic rings. The number of anilines is 1. The summed E-state index contributed by atoms with van der Waals surface area (Å²) in [5.41, 5.74) is 8.03. The van der Waals surface area contributed by atoms with Crippen molar-refractivity contribution in [2.24, 2.45) is 0 Å². The molecule has 3 rings (SSSR count). The highest BCUT2D eigenvalue weighted by molar-refractivity contribution is 9.10. The minimum Gasteiger partial charge on any atom is -0.369 e. The van der Waals surface area contributed by atoms with Crippen molar-refractivity contribution in [3.05, 3.63) is 41.4 Å². The number of hydrogen-bond acceptors (Lipinski definition) is 3. The third kappa shape index (κ3) is 2.70. The Hall–Kier alpha value is -1.82. The van der Waals surface area contributed by atoms with Crippen molar-refractivity contribution >= 4 is 32.9 Å². The number of imidazole rings is 2. The number of nitrogens with zero attached hydrogens (tertiary/aromatic N) is 4. The van der Waals surface area contributed by atoms with Gasteiger partial charge in [0, 0.05) is 30.0 Å². The normalized spacial score (nSPS) is 11.2. The highest BCUT2D eigenvalue weighted by Gasteiger charge is 2.07. The smallest absolute Gasteiger partial charge is 0.201 e. The summed E-state index contributed by atoms with van der Waals surface area (Å²) in [5.74, 6) is 0.584. The molecule has 0 aliphatic carbocycles. The zero-order chi connectivity index (χ0) is 13.9. The molecule has 0 fully saturated rings. The van der Waals surface area contributed by atoms with Crippen LogP contribution in [0.25, 0.3) is 11.0 Å². The van der Waals surface area contributed by atoms with Crippen LogP contribution in [0.2, 0.25) is 0 Å². The van der Waals surface area contributed by atoms with Crippen LogP contribution in [0.15, 0.2) is 41.4 Å². The van der Waals surface area contributed by atoms with Crippen molar-refractivity contribution in [2.75, 3.05) is 5.73 Å². The lowest BCUT2D eigenvalue weighted by molar-refractivity contribution is 0.562. The summed E-state index contributed by atoms with van der Waals surface area (Å²) in [7, 11) is 0. The summed E-state index contributed by atoms with van der Waals surface area (Å²) in [5, 5.41) is 0. The molecule has 6 heteroatoms. The fourth-order valence-corrected chi connectivity index (χ4v) is 2.68. The van der Waals surface area contributed by atoms with Crippen LogP contribution in [0.4, 0.5) is 5.95 Å². The Morgan fingerprint density at radius 2 is 2.05 bits per heavy atom. The first kappa shape index (κ1) is 13.2. The number of benzene rings is 1. The number of aromatic nitrogens is 4. The van der Waals surface area contributed by atoms with E-state index in [1.807, 2.05) is 24.7 Å². The Bertz CT molecular complexity index is 702. The summed E-state index contributed by atoms with van der Waals surface area (Å²) in [6, 6.07) is 6.03. The number of unbranched alkanes of at least 4 members (excludes halogenated alkanes) is 1. The van der Waals surface area contributed by atoms with Crippen molar-refractivity contribution < 1.29 is 0 Å². The van der Waals surface area contributed by atoms with Gasteiger partial charge in [0.1, 0.15) is 0 Å². The summed E-state index contributed by atoms with van der Waals surface area (Å²) < 4.78 is 5.21. The van der Waals surface area contributed by atoms with Crippen LogP contribution in [0.1, 0.15) is 12.8 Å². The fraction of sp³-hybridized carbons (Fsp3) is 0.286. The maximum atomic E-state index is 6.00. The van der Waals surface area contributed by atoms with Crippen molar-refractivity contribution in [1.29, 1.82) is 0 Å². The average molecular weight is 334 g/mol. The van der Waals surface area contributed by atoms with Gasteiger partial charge in [-0.25, -0.2) is 9.97 Å². The zero-order valence-electron chi connectivity index (χ0n) is 11.0. The number of hydrogen-bond donors (Lipinski definition) is 1. The Morgan fingerprint density at radius 1 is 1.20 bits per heavy atom. The molecule has 0 saturated carbocycles. The largest absolute Gasteiger partial charge is 0.369 e. The fourth-order valence-electron chi connectivity index (χ4n) is 2.33. The molecular weight excluding hydrogens is 318 g/mol. The van der Waals surface area contributed by atoms with Gasteiger partial charge in [0.25, 0.3) is 0 Å². The van der Waals surface area contributed by atoms with E-state index in [9.17, 15) is 0 Å². The van der Waals surface area contributed by atoms with Gasteiger partial charge < -0.3 is 14.9 Å². The second-order valence-corrected chi connectivity index (χ2v) is 5.68. The van der Waals surface area contributed by atoms with Gasteiger partial charge in [-0.2, -0.15) is 0 Å². The number of nitrogens with two attached hydrogens (primary N) is 1. The number of rotatable bonds is 5. The van der Waals surface area contributed by atoms with Crippen LogP contribution < -0.4 is 5.73 Å². The van der Waals surface area contributed by atoms with Gasteiger partial charge in [0.15, 0.2) is 0 Å². The predicted molar refractivity (Wildman–Crippen MR) is 83.3 cm³/mol. The lowest BCUT2D eigenvalue weighted by Crippen LogP contribution is -2.04. The molecule has 104 valence electrons. The van der Waals surface area contributed by atoms with E-state index < -0.39 is 0 Å². The molecule has 5 nitrogen and oxygen atoms in total. The molecule has 0 unspecified atom stereocenters. The maximum absolute atomic E-state index is 6.00. The molecular formula is C14H16BrN5. The van der Waals surface area contributed by atoms with Gasteiger partial charge in [-0.3, -0.25) is 0 Å². The second kappa shape index (κ2) is 5.66. The van der Waals surface area contributed by atoms with E-state index in [1.54, 1.807) is 6.20 Å². The molecule has 20 heavy (non-hydrogen) atoms. The molecule has 3 aromatic rings. The molecule has 0 radical (unpaired) electrons. The van der Waals surface area contributed by atoms with E-state index in [4.69, 9.17) is 5.73 Å². The molecule has 0 amide bonds. The Balaban J connectivity index is 1.67. The minimum absolute atomic E-state index is 0.584. The van der Waals surface area contributed by atoms with E-state index in [-0.39, 0.29) is 0 Å². The monoisotopic (exact) mass is 333 g/mol. The van der Waals surface area contributed by atoms with Gasteiger partial charge in [0.2, 0.25) is 5.95 Å². The molecule has 2 heterocycles. The lowest BCUT2D eigenvalue weighted by Gasteiger charge is -2.07. The highest BCUT2D eigenvalue weighted by Crippen LogP contribution is 2.22. The Morgan fingerprint density at radius 3 is 2.85 bits per heavy atom. The van der Waals surface area contributed by atoms with Gasteiger partial charge in [-0.05, 0) is 31.0 Å². The maximum Gasteiger partial charge on any atom is 0.201 e. The SMILES string of the molecule is Nc1nc2ccc(Br)cc2n1CCCCn1ccnc1. The number of aryl methyl sites for hydroxylation is 2. The number of halogens is 1. The Kier molecular flexibility index (Phi) is 3.73. The first-order valence-electron chi connectivity index (χ1n) is 6.61. The summed E-state index contributed by atoms with van der Waals surface area (Å²) in [4.78, 5) is 8.43. The van der Waals surface area contributed by atoms with Crippen molar-refractivity contribution in [3.63, 3.8) is 0 Å². The molecule has 1 aromatic carbocycles. The minimum atomic E-state index is 0.584. The van der Waals surface area contributed by atoms with Crippen molar-refractivity contribution in [1.82, 2.24) is 19.1 Å². The molecule has 0 atom stereocenters. The van der Waals surface area contributed by atoms with Crippen LogP contribution in [0.5, 0.6) is 0 Å². The summed E-state index contributed by atoms with van der Waals surface area (Å²) in [6.07, 6.45) is 7.78. The third-order valence-corrected chi connectivity index (χ3v) is 3.84. The molecule has 2 N–H and O–H groups in total. The highest BCUT2D eigenvalue weighted by atomic mass is 79.9. The van der Waals surface area contributed by atoms with Crippen LogP contribution >= 0.6 is 15.9 Å². The van der Waals surface area contributed by atoms with E-state index in [1.165, 1.54) is 0 Å². The number of nitrogen functional groups attached to an aromatic ring is 1. The van der Waals surface area contributed by atoms with Crippen LogP contribution in [0.3, 0.4) is 0 Å². The first-order chi connectivity index (χ1) is 9.74. The quantitative estimate of drug-likeness (QED) is 0.730. The van der Waals surface area contributed by atoms with Crippen LogP contribution in [-0.2, 0) is 13.1 Å². The van der Waals surface area contributed by atoms with E-state index in [2.05, 4.69) is 41.1 Å². The number of fused-ring (bicyclic) bond motifs is 1. The van der Waals surface area contributed by atoms with Gasteiger partial charge in [-0.15, -0.1) is 0 Å². The second-order valence-electron chi connectivity index (χ2n) is 4.76. The van der Waals surface area contributed by atoms with E-state index in [0.717, 1.165) is 41.4 Å². The van der Waals surface area contributed by atoms with Crippen LogP contribution in [0, 0.1) is 0 Å². The molecule has 0 aliphatic heterocycles. The topological polar surface area (TPSA) is 61.7 Å². The third-order valence-electron chi connectivity index (χ3n) is 3.35. The van der Waals surface area contributed by atoms with Gasteiger partial charge >= 0.3 is 0 Å². The van der Waals surface area contributed by atoms with Gasteiger partial charge in [0.05, 0.1) is 17.4 Å². The van der Waals surface area contributed by atoms with Crippen molar-refractivity contribution in [3.8, 4) is 0 Å². The predicted octanol–water partition coefficient (Wildman–Crippen LogP) is 3.06. The summed E-state index contributed by atoms with van der Waals surface area (Å²) in [6.45, 7) is 1.86.